The molecule has 0 radical (unpaired) electrons. The second kappa shape index (κ2) is 5.93. The zero-order chi connectivity index (χ0) is 14.7. The van der Waals surface area contributed by atoms with Crippen LogP contribution in [-0.2, 0) is 4.79 Å². The molecule has 1 unspecified atom stereocenters. The van der Waals surface area contributed by atoms with E-state index in [2.05, 4.69) is 6.07 Å². The number of nitrogens with zero attached hydrogens (tertiary/aromatic N) is 3. The highest BCUT2D eigenvalue weighted by atomic mass is 16.3. The monoisotopic (exact) mass is 273 g/mol. The molecule has 106 valence electrons. The second-order valence-corrected chi connectivity index (χ2v) is 5.15. The van der Waals surface area contributed by atoms with Gasteiger partial charge in [0, 0.05) is 31.4 Å². The summed E-state index contributed by atoms with van der Waals surface area (Å²) in [5.41, 5.74) is 2.07. The van der Waals surface area contributed by atoms with Crippen LogP contribution in [0.25, 0.3) is 0 Å². The van der Waals surface area contributed by atoms with Gasteiger partial charge in [0.1, 0.15) is 0 Å². The lowest BCUT2D eigenvalue weighted by atomic mass is 10.0. The highest BCUT2D eigenvalue weighted by molar-refractivity contribution is 5.82. The Kier molecular flexibility index (Phi) is 4.26. The maximum atomic E-state index is 12.0. The molecular formula is C15H19N3O2. The van der Waals surface area contributed by atoms with Gasteiger partial charge in [-0.2, -0.15) is 5.26 Å². The third-order valence-electron chi connectivity index (χ3n) is 3.62. The summed E-state index contributed by atoms with van der Waals surface area (Å²) < 4.78 is 0. The van der Waals surface area contributed by atoms with Gasteiger partial charge >= 0.3 is 0 Å². The van der Waals surface area contributed by atoms with Crippen molar-refractivity contribution in [2.24, 2.45) is 0 Å². The van der Waals surface area contributed by atoms with Gasteiger partial charge in [0.2, 0.25) is 5.91 Å². The number of carbonyl (C=O) groups is 1. The van der Waals surface area contributed by atoms with Crippen LogP contribution in [0.2, 0.25) is 0 Å². The molecule has 0 aliphatic carbocycles. The van der Waals surface area contributed by atoms with Gasteiger partial charge in [-0.1, -0.05) is 6.07 Å². The largest absolute Gasteiger partial charge is 0.389 e. The summed E-state index contributed by atoms with van der Waals surface area (Å²) in [6.45, 7) is 3.45. The van der Waals surface area contributed by atoms with E-state index in [1.807, 2.05) is 4.90 Å². The van der Waals surface area contributed by atoms with Crippen molar-refractivity contribution >= 4 is 11.6 Å². The van der Waals surface area contributed by atoms with E-state index in [0.29, 0.717) is 5.56 Å². The van der Waals surface area contributed by atoms with Crippen molar-refractivity contribution in [3.8, 4) is 6.07 Å². The molecule has 1 saturated heterocycles. The van der Waals surface area contributed by atoms with Crippen molar-refractivity contribution in [1.82, 2.24) is 4.90 Å². The molecule has 1 atom stereocenters. The van der Waals surface area contributed by atoms with E-state index in [9.17, 15) is 9.90 Å². The molecule has 1 aliphatic rings. The van der Waals surface area contributed by atoms with Gasteiger partial charge in [-0.15, -0.1) is 0 Å². The van der Waals surface area contributed by atoms with Crippen molar-refractivity contribution < 1.29 is 9.90 Å². The molecule has 20 heavy (non-hydrogen) atoms. The molecule has 0 spiro atoms. The molecule has 1 N–H and O–H groups in total. The van der Waals surface area contributed by atoms with Crippen molar-refractivity contribution in [2.45, 2.75) is 19.4 Å². The number of aliphatic hydroxyl groups excluding tert-OH is 1. The maximum absolute atomic E-state index is 12.0. The fraction of sp³-hybridized carbons (Fsp3) is 0.467. The summed E-state index contributed by atoms with van der Waals surface area (Å²) in [5, 5.41) is 18.9. The van der Waals surface area contributed by atoms with E-state index in [1.54, 1.807) is 37.1 Å². The number of hydrogen-bond donors (Lipinski definition) is 1. The second-order valence-electron chi connectivity index (χ2n) is 5.15. The van der Waals surface area contributed by atoms with Gasteiger partial charge in [0.25, 0.3) is 0 Å². The van der Waals surface area contributed by atoms with E-state index >= 15 is 0 Å². The Balaban J connectivity index is 2.39. The standard InChI is InChI=1S/C15H19N3O2/c1-11(19)13-5-4-12(9-16)8-14(13)18-7-3-6-17(2)15(20)10-18/h4-5,8,11,19H,3,6-7,10H2,1-2H3. The van der Waals surface area contributed by atoms with E-state index in [-0.39, 0.29) is 12.5 Å². The number of likely N-dealkylation sites (N-methyl/N-ethyl adjacent to an activating group) is 1. The number of carbonyl (C=O) groups excluding carboxylic acids is 1. The molecule has 1 amide bonds. The van der Waals surface area contributed by atoms with Crippen molar-refractivity contribution in [3.05, 3.63) is 29.3 Å². The van der Waals surface area contributed by atoms with Gasteiger partial charge < -0.3 is 14.9 Å². The lowest BCUT2D eigenvalue weighted by Crippen LogP contribution is -2.34. The summed E-state index contributed by atoms with van der Waals surface area (Å²) in [6, 6.07) is 7.31. The summed E-state index contributed by atoms with van der Waals surface area (Å²) in [7, 11) is 1.80. The Morgan fingerprint density at radius 1 is 1.40 bits per heavy atom. The van der Waals surface area contributed by atoms with Crippen LogP contribution in [0.1, 0.15) is 30.6 Å². The van der Waals surface area contributed by atoms with Crippen molar-refractivity contribution in [3.63, 3.8) is 0 Å². The number of benzene rings is 1. The zero-order valence-corrected chi connectivity index (χ0v) is 11.8. The number of amides is 1. The van der Waals surface area contributed by atoms with Crippen molar-refractivity contribution in [1.29, 1.82) is 5.26 Å². The number of anilines is 1. The highest BCUT2D eigenvalue weighted by Gasteiger charge is 2.22. The van der Waals surface area contributed by atoms with E-state index in [1.165, 1.54) is 0 Å². The lowest BCUT2D eigenvalue weighted by Gasteiger charge is -2.26. The molecule has 1 aromatic rings. The van der Waals surface area contributed by atoms with Crippen LogP contribution < -0.4 is 4.90 Å². The maximum Gasteiger partial charge on any atom is 0.241 e. The number of rotatable bonds is 2. The molecule has 1 aromatic carbocycles. The first-order valence-corrected chi connectivity index (χ1v) is 6.74. The number of nitriles is 1. The van der Waals surface area contributed by atoms with Crippen LogP contribution in [0.15, 0.2) is 18.2 Å². The summed E-state index contributed by atoms with van der Waals surface area (Å²) >= 11 is 0. The SMILES string of the molecule is CC(O)c1ccc(C#N)cc1N1CCCN(C)C(=O)C1. The van der Waals surface area contributed by atoms with Gasteiger partial charge in [0.15, 0.2) is 0 Å². The quantitative estimate of drug-likeness (QED) is 0.881. The van der Waals surface area contributed by atoms with Crippen LogP contribution in [0.5, 0.6) is 0 Å². The third-order valence-corrected chi connectivity index (χ3v) is 3.62. The Morgan fingerprint density at radius 3 is 2.80 bits per heavy atom. The van der Waals surface area contributed by atoms with E-state index in [4.69, 9.17) is 5.26 Å². The van der Waals surface area contributed by atoms with Crippen LogP contribution in [-0.4, -0.2) is 42.6 Å². The number of hydrogen-bond acceptors (Lipinski definition) is 4. The molecule has 0 aromatic heterocycles. The molecule has 1 aliphatic heterocycles. The average Bonchev–Trinajstić information content (AvgIpc) is 2.60. The minimum Gasteiger partial charge on any atom is -0.389 e. The minimum absolute atomic E-state index is 0.0569. The third kappa shape index (κ3) is 2.91. The summed E-state index contributed by atoms with van der Waals surface area (Å²) in [5.74, 6) is 0.0569. The van der Waals surface area contributed by atoms with Gasteiger partial charge in [-0.3, -0.25) is 4.79 Å². The smallest absolute Gasteiger partial charge is 0.241 e. The normalized spacial score (nSPS) is 17.6. The molecule has 1 fully saturated rings. The highest BCUT2D eigenvalue weighted by Crippen LogP contribution is 2.28. The fourth-order valence-corrected chi connectivity index (χ4v) is 2.43. The molecule has 2 rings (SSSR count). The van der Waals surface area contributed by atoms with Crippen LogP contribution in [0, 0.1) is 11.3 Å². The van der Waals surface area contributed by atoms with Gasteiger partial charge in [-0.25, -0.2) is 0 Å². The van der Waals surface area contributed by atoms with Crippen LogP contribution >= 0.6 is 0 Å². The predicted molar refractivity (Wildman–Crippen MR) is 76.3 cm³/mol. The molecule has 0 bridgehead atoms. The summed E-state index contributed by atoms with van der Waals surface area (Å²) in [6.07, 6.45) is 0.243. The summed E-state index contributed by atoms with van der Waals surface area (Å²) in [4.78, 5) is 15.7. The lowest BCUT2D eigenvalue weighted by molar-refractivity contribution is -0.127. The Hall–Kier alpha value is -2.06. The first-order valence-electron chi connectivity index (χ1n) is 6.74. The van der Waals surface area contributed by atoms with Crippen molar-refractivity contribution in [2.75, 3.05) is 31.6 Å². The minimum atomic E-state index is -0.631. The Morgan fingerprint density at radius 2 is 2.15 bits per heavy atom. The molecule has 1 heterocycles. The van der Waals surface area contributed by atoms with Crippen LogP contribution in [0.3, 0.4) is 0 Å². The first kappa shape index (κ1) is 14.4. The zero-order valence-electron chi connectivity index (χ0n) is 11.8. The molecule has 0 saturated carbocycles. The van der Waals surface area contributed by atoms with Crippen LogP contribution in [0.4, 0.5) is 5.69 Å². The molecule has 5 nitrogen and oxygen atoms in total. The average molecular weight is 273 g/mol. The molecule has 5 heteroatoms. The first-order chi connectivity index (χ1) is 9.52. The Bertz CT molecular complexity index is 549. The Labute approximate surface area is 119 Å². The van der Waals surface area contributed by atoms with Gasteiger partial charge in [0.05, 0.1) is 24.3 Å². The van der Waals surface area contributed by atoms with E-state index in [0.717, 1.165) is 30.8 Å². The molecular weight excluding hydrogens is 254 g/mol. The number of aliphatic hydroxyl groups is 1. The van der Waals surface area contributed by atoms with Gasteiger partial charge in [-0.05, 0) is 25.5 Å². The van der Waals surface area contributed by atoms with E-state index < -0.39 is 6.10 Å². The predicted octanol–water partition coefficient (Wildman–Crippen LogP) is 1.28. The fourth-order valence-electron chi connectivity index (χ4n) is 2.43. The topological polar surface area (TPSA) is 67.6 Å².